The number of alkyl halides is 3. The Balaban J connectivity index is 1.86. The predicted octanol–water partition coefficient (Wildman–Crippen LogP) is 4.72. The molecule has 0 saturated heterocycles. The number of anilines is 1. The SMILES string of the molecule is CC(=O)N1CCCN(C(C)C)CCN(C(=O)COc2cccc(C(F)(F)F)c2)Cc2ccc(F)cc21. The highest BCUT2D eigenvalue weighted by molar-refractivity contribution is 5.92. The van der Waals surface area contributed by atoms with Crippen LogP contribution in [0.25, 0.3) is 0 Å². The average molecular weight is 510 g/mol. The number of benzene rings is 2. The first-order valence-electron chi connectivity index (χ1n) is 11.8. The Morgan fingerprint density at radius 3 is 2.44 bits per heavy atom. The molecule has 0 unspecified atom stereocenters. The highest BCUT2D eigenvalue weighted by Crippen LogP contribution is 2.31. The molecule has 1 aliphatic rings. The monoisotopic (exact) mass is 509 g/mol. The second-order valence-corrected chi connectivity index (χ2v) is 9.06. The van der Waals surface area contributed by atoms with Gasteiger partial charge in [0.1, 0.15) is 11.6 Å². The number of hydrogen-bond donors (Lipinski definition) is 0. The highest BCUT2D eigenvalue weighted by atomic mass is 19.4. The molecule has 2 aromatic rings. The van der Waals surface area contributed by atoms with Crippen molar-refractivity contribution in [1.29, 1.82) is 0 Å². The molecule has 3 rings (SSSR count). The minimum atomic E-state index is -4.52. The van der Waals surface area contributed by atoms with Gasteiger partial charge in [-0.15, -0.1) is 0 Å². The van der Waals surface area contributed by atoms with Gasteiger partial charge in [0.05, 0.1) is 11.3 Å². The van der Waals surface area contributed by atoms with Crippen molar-refractivity contribution < 1.29 is 31.9 Å². The van der Waals surface area contributed by atoms with E-state index in [2.05, 4.69) is 4.90 Å². The number of ether oxygens (including phenoxy) is 1. The molecule has 1 heterocycles. The Hall–Kier alpha value is -3.14. The molecule has 0 atom stereocenters. The first-order chi connectivity index (χ1) is 17.0. The first kappa shape index (κ1) is 27.4. The van der Waals surface area contributed by atoms with Crippen LogP contribution in [-0.4, -0.2) is 60.4 Å². The molecular formula is C26H31F4N3O3. The van der Waals surface area contributed by atoms with E-state index in [1.807, 2.05) is 13.8 Å². The number of hydrogen-bond acceptors (Lipinski definition) is 4. The molecule has 10 heteroatoms. The minimum absolute atomic E-state index is 0.0647. The van der Waals surface area contributed by atoms with Crippen molar-refractivity contribution in [3.8, 4) is 5.75 Å². The molecule has 1 aliphatic heterocycles. The zero-order valence-electron chi connectivity index (χ0n) is 20.6. The van der Waals surface area contributed by atoms with Gasteiger partial charge in [-0.3, -0.25) is 14.5 Å². The van der Waals surface area contributed by atoms with Crippen LogP contribution in [0.5, 0.6) is 5.75 Å². The summed E-state index contributed by atoms with van der Waals surface area (Å²) in [7, 11) is 0. The molecule has 0 aromatic heterocycles. The van der Waals surface area contributed by atoms with E-state index in [4.69, 9.17) is 4.74 Å². The molecule has 6 nitrogen and oxygen atoms in total. The largest absolute Gasteiger partial charge is 0.484 e. The zero-order chi connectivity index (χ0) is 26.5. The van der Waals surface area contributed by atoms with Crippen molar-refractivity contribution in [3.63, 3.8) is 0 Å². The standard InChI is InChI=1S/C26H31F4N3O3/c1-18(2)31-10-5-11-33(19(3)34)24-15-22(27)9-8-20(24)16-32(13-12-31)25(35)17-36-23-7-4-6-21(14-23)26(28,29)30/h4,6-9,14-15,18H,5,10-13,16-17H2,1-3H3. The lowest BCUT2D eigenvalue weighted by Crippen LogP contribution is -2.42. The molecule has 0 spiro atoms. The molecule has 0 fully saturated rings. The molecule has 2 aromatic carbocycles. The van der Waals surface area contributed by atoms with Gasteiger partial charge in [0, 0.05) is 45.7 Å². The van der Waals surface area contributed by atoms with Crippen molar-refractivity contribution >= 4 is 17.5 Å². The van der Waals surface area contributed by atoms with Gasteiger partial charge < -0.3 is 14.5 Å². The fraction of sp³-hybridized carbons (Fsp3) is 0.462. The van der Waals surface area contributed by atoms with E-state index in [1.54, 1.807) is 6.07 Å². The molecule has 0 N–H and O–H groups in total. The fourth-order valence-electron chi connectivity index (χ4n) is 4.17. The highest BCUT2D eigenvalue weighted by Gasteiger charge is 2.31. The molecule has 0 radical (unpaired) electrons. The van der Waals surface area contributed by atoms with E-state index in [1.165, 1.54) is 41.0 Å². The van der Waals surface area contributed by atoms with Crippen LogP contribution in [0.4, 0.5) is 23.2 Å². The van der Waals surface area contributed by atoms with Crippen LogP contribution < -0.4 is 9.64 Å². The minimum Gasteiger partial charge on any atom is -0.484 e. The van der Waals surface area contributed by atoms with E-state index < -0.39 is 30.1 Å². The maximum Gasteiger partial charge on any atom is 0.416 e. The number of rotatable bonds is 4. The molecule has 0 aliphatic carbocycles. The smallest absolute Gasteiger partial charge is 0.416 e. The van der Waals surface area contributed by atoms with E-state index >= 15 is 0 Å². The summed E-state index contributed by atoms with van der Waals surface area (Å²) in [5, 5.41) is 0. The van der Waals surface area contributed by atoms with Crippen LogP contribution in [-0.2, 0) is 22.3 Å². The molecule has 0 bridgehead atoms. The van der Waals surface area contributed by atoms with Crippen molar-refractivity contribution in [2.45, 2.75) is 46.0 Å². The Bertz CT molecular complexity index is 1070. The third-order valence-electron chi connectivity index (χ3n) is 6.17. The van der Waals surface area contributed by atoms with Crippen LogP contribution in [0.2, 0.25) is 0 Å². The van der Waals surface area contributed by atoms with E-state index in [0.29, 0.717) is 43.9 Å². The van der Waals surface area contributed by atoms with Crippen molar-refractivity contribution in [2.75, 3.05) is 37.7 Å². The Labute approximate surface area is 208 Å². The molecular weight excluding hydrogens is 478 g/mol. The number of fused-ring (bicyclic) bond motifs is 1. The summed E-state index contributed by atoms with van der Waals surface area (Å²) < 4.78 is 58.6. The first-order valence-corrected chi connectivity index (χ1v) is 11.8. The third kappa shape index (κ3) is 7.19. The van der Waals surface area contributed by atoms with Gasteiger partial charge in [-0.25, -0.2) is 4.39 Å². The van der Waals surface area contributed by atoms with Crippen LogP contribution in [0, 0.1) is 5.82 Å². The van der Waals surface area contributed by atoms with Crippen molar-refractivity contribution in [3.05, 3.63) is 59.4 Å². The molecule has 196 valence electrons. The summed E-state index contributed by atoms with van der Waals surface area (Å²) in [4.78, 5) is 30.8. The lowest BCUT2D eigenvalue weighted by atomic mass is 10.1. The average Bonchev–Trinajstić information content (AvgIpc) is 2.84. The lowest BCUT2D eigenvalue weighted by Gasteiger charge is -2.30. The van der Waals surface area contributed by atoms with Gasteiger partial charge >= 0.3 is 6.18 Å². The number of halogens is 4. The van der Waals surface area contributed by atoms with Crippen LogP contribution in [0.3, 0.4) is 0 Å². The summed E-state index contributed by atoms with van der Waals surface area (Å²) >= 11 is 0. The summed E-state index contributed by atoms with van der Waals surface area (Å²) in [6.45, 7) is 7.09. The molecule has 0 saturated carbocycles. The molecule has 2 amide bonds. The zero-order valence-corrected chi connectivity index (χ0v) is 20.6. The van der Waals surface area contributed by atoms with E-state index in [9.17, 15) is 27.2 Å². The number of carbonyl (C=O) groups excluding carboxylic acids is 2. The Morgan fingerprint density at radius 1 is 1.03 bits per heavy atom. The summed E-state index contributed by atoms with van der Waals surface area (Å²) in [5.41, 5.74) is 0.129. The number of nitrogens with zero attached hydrogens (tertiary/aromatic N) is 3. The maximum absolute atomic E-state index is 14.1. The van der Waals surface area contributed by atoms with Gasteiger partial charge in [0.25, 0.3) is 5.91 Å². The normalized spacial score (nSPS) is 15.9. The Kier molecular flexibility index (Phi) is 8.94. The van der Waals surface area contributed by atoms with Gasteiger partial charge in [-0.05, 0) is 56.2 Å². The topological polar surface area (TPSA) is 53.1 Å². The number of carbonyl (C=O) groups is 2. The quantitative estimate of drug-likeness (QED) is 0.560. The third-order valence-corrected chi connectivity index (χ3v) is 6.17. The van der Waals surface area contributed by atoms with Crippen LogP contribution in [0.15, 0.2) is 42.5 Å². The Morgan fingerprint density at radius 2 is 1.78 bits per heavy atom. The van der Waals surface area contributed by atoms with Crippen LogP contribution >= 0.6 is 0 Å². The predicted molar refractivity (Wildman–Crippen MR) is 128 cm³/mol. The van der Waals surface area contributed by atoms with Gasteiger partial charge in [-0.2, -0.15) is 13.2 Å². The second-order valence-electron chi connectivity index (χ2n) is 9.06. The number of amides is 2. The van der Waals surface area contributed by atoms with E-state index in [0.717, 1.165) is 12.1 Å². The van der Waals surface area contributed by atoms with E-state index in [-0.39, 0.29) is 24.2 Å². The van der Waals surface area contributed by atoms with Gasteiger partial charge in [-0.1, -0.05) is 12.1 Å². The summed E-state index contributed by atoms with van der Waals surface area (Å²) in [5.74, 6) is -1.22. The second kappa shape index (κ2) is 11.7. The van der Waals surface area contributed by atoms with Crippen molar-refractivity contribution in [1.82, 2.24) is 9.80 Å². The van der Waals surface area contributed by atoms with Crippen molar-refractivity contribution in [2.24, 2.45) is 0 Å². The maximum atomic E-state index is 14.1. The van der Waals surface area contributed by atoms with Gasteiger partial charge in [0.15, 0.2) is 6.61 Å². The summed E-state index contributed by atoms with van der Waals surface area (Å²) in [6.07, 6.45) is -3.86. The molecule has 36 heavy (non-hydrogen) atoms. The lowest BCUT2D eigenvalue weighted by molar-refractivity contribution is -0.137. The fourth-order valence-corrected chi connectivity index (χ4v) is 4.17. The summed E-state index contributed by atoms with van der Waals surface area (Å²) in [6, 6.07) is 8.66. The van der Waals surface area contributed by atoms with Gasteiger partial charge in [0.2, 0.25) is 5.91 Å². The van der Waals surface area contributed by atoms with Crippen LogP contribution in [0.1, 0.15) is 38.3 Å².